The first kappa shape index (κ1) is 12.0. The van der Waals surface area contributed by atoms with Crippen molar-refractivity contribution in [3.63, 3.8) is 0 Å². The van der Waals surface area contributed by atoms with Crippen LogP contribution in [0.2, 0.25) is 5.02 Å². The molecule has 0 unspecified atom stereocenters. The van der Waals surface area contributed by atoms with Crippen LogP contribution in [0.5, 0.6) is 5.88 Å². The second kappa shape index (κ2) is 5.21. The molecule has 2 aromatic rings. The highest BCUT2D eigenvalue weighted by Crippen LogP contribution is 2.19. The van der Waals surface area contributed by atoms with E-state index in [4.69, 9.17) is 21.4 Å². The van der Waals surface area contributed by atoms with Crippen LogP contribution in [0.1, 0.15) is 11.1 Å². The molecule has 5 heteroatoms. The summed E-state index contributed by atoms with van der Waals surface area (Å²) in [6.45, 7) is 0.504. The van der Waals surface area contributed by atoms with Gasteiger partial charge in [0.2, 0.25) is 5.88 Å². The summed E-state index contributed by atoms with van der Waals surface area (Å²) >= 11 is 5.82. The van der Waals surface area contributed by atoms with E-state index in [-0.39, 0.29) is 6.61 Å². The Morgan fingerprint density at radius 3 is 2.65 bits per heavy atom. The molecule has 0 aliphatic rings. The monoisotopic (exact) mass is 252 g/mol. The second-order valence-electron chi connectivity index (χ2n) is 3.62. The fourth-order valence-electron chi connectivity index (χ4n) is 1.63. The Morgan fingerprint density at radius 1 is 1.35 bits per heavy atom. The maximum atomic E-state index is 9.11. The molecule has 0 saturated carbocycles. The van der Waals surface area contributed by atoms with Crippen molar-refractivity contribution in [1.82, 2.24) is 9.78 Å². The number of methoxy groups -OCH3 is 1. The second-order valence-corrected chi connectivity index (χ2v) is 4.06. The molecule has 1 N–H and O–H groups in total. The fraction of sp³-hybridized carbons (Fsp3) is 0.250. The van der Waals surface area contributed by atoms with Gasteiger partial charge in [-0.15, -0.1) is 0 Å². The van der Waals surface area contributed by atoms with Gasteiger partial charge in [-0.05, 0) is 17.7 Å². The van der Waals surface area contributed by atoms with Crippen LogP contribution in [0.25, 0.3) is 0 Å². The molecule has 0 fully saturated rings. The van der Waals surface area contributed by atoms with Gasteiger partial charge in [0, 0.05) is 5.02 Å². The van der Waals surface area contributed by atoms with Crippen LogP contribution in [0, 0.1) is 0 Å². The molecule has 0 atom stereocenters. The van der Waals surface area contributed by atoms with E-state index in [0.29, 0.717) is 23.0 Å². The molecule has 0 bridgehead atoms. The van der Waals surface area contributed by atoms with E-state index in [9.17, 15) is 0 Å². The van der Waals surface area contributed by atoms with Crippen LogP contribution in [-0.2, 0) is 13.2 Å². The van der Waals surface area contributed by atoms with Crippen LogP contribution in [0.4, 0.5) is 0 Å². The van der Waals surface area contributed by atoms with Gasteiger partial charge in [0.1, 0.15) is 0 Å². The topological polar surface area (TPSA) is 47.3 Å². The lowest BCUT2D eigenvalue weighted by Gasteiger charge is -2.07. The summed E-state index contributed by atoms with van der Waals surface area (Å²) < 4.78 is 6.92. The number of aliphatic hydroxyl groups excluding tert-OH is 1. The Morgan fingerprint density at radius 2 is 2.06 bits per heavy atom. The molecule has 0 amide bonds. The van der Waals surface area contributed by atoms with Gasteiger partial charge >= 0.3 is 0 Å². The standard InChI is InChI=1S/C12H13ClN2O2/c1-17-12-10(8-16)6-14-15(12)7-9-2-4-11(13)5-3-9/h2-6,16H,7-8H2,1H3. The molecular formula is C12H13ClN2O2. The number of hydrogen-bond donors (Lipinski definition) is 1. The van der Waals surface area contributed by atoms with Crippen molar-refractivity contribution in [3.8, 4) is 5.88 Å². The molecule has 90 valence electrons. The maximum absolute atomic E-state index is 9.11. The van der Waals surface area contributed by atoms with Crippen molar-refractivity contribution in [1.29, 1.82) is 0 Å². The minimum absolute atomic E-state index is 0.0796. The number of nitrogens with zero attached hydrogens (tertiary/aromatic N) is 2. The Hall–Kier alpha value is -1.52. The number of benzene rings is 1. The predicted octanol–water partition coefficient (Wildman–Crippen LogP) is 2.09. The first-order valence-electron chi connectivity index (χ1n) is 5.18. The van der Waals surface area contributed by atoms with Crippen LogP contribution in [0.15, 0.2) is 30.5 Å². The normalized spacial score (nSPS) is 10.5. The fourth-order valence-corrected chi connectivity index (χ4v) is 1.76. The predicted molar refractivity (Wildman–Crippen MR) is 65.3 cm³/mol. The highest BCUT2D eigenvalue weighted by atomic mass is 35.5. The maximum Gasteiger partial charge on any atom is 0.217 e. The Bertz CT molecular complexity index is 494. The first-order chi connectivity index (χ1) is 8.24. The SMILES string of the molecule is COc1c(CO)cnn1Cc1ccc(Cl)cc1. The van der Waals surface area contributed by atoms with E-state index >= 15 is 0 Å². The van der Waals surface area contributed by atoms with Crippen LogP contribution in [0.3, 0.4) is 0 Å². The van der Waals surface area contributed by atoms with E-state index < -0.39 is 0 Å². The molecule has 1 heterocycles. The molecular weight excluding hydrogens is 240 g/mol. The zero-order valence-electron chi connectivity index (χ0n) is 9.43. The molecule has 0 saturated heterocycles. The molecule has 17 heavy (non-hydrogen) atoms. The highest BCUT2D eigenvalue weighted by Gasteiger charge is 2.10. The van der Waals surface area contributed by atoms with E-state index in [0.717, 1.165) is 5.56 Å². The van der Waals surface area contributed by atoms with Crippen molar-refractivity contribution >= 4 is 11.6 Å². The quantitative estimate of drug-likeness (QED) is 0.906. The molecule has 1 aromatic heterocycles. The molecule has 0 aliphatic carbocycles. The summed E-state index contributed by atoms with van der Waals surface area (Å²) in [4.78, 5) is 0. The minimum atomic E-state index is -0.0796. The van der Waals surface area contributed by atoms with Crippen molar-refractivity contribution in [2.75, 3.05) is 7.11 Å². The summed E-state index contributed by atoms with van der Waals surface area (Å²) in [6, 6.07) is 7.53. The number of hydrogen-bond acceptors (Lipinski definition) is 3. The third kappa shape index (κ3) is 2.60. The summed E-state index contributed by atoms with van der Waals surface area (Å²) in [5.41, 5.74) is 1.75. The largest absolute Gasteiger partial charge is 0.481 e. The van der Waals surface area contributed by atoms with Gasteiger partial charge in [-0.3, -0.25) is 0 Å². The summed E-state index contributed by atoms with van der Waals surface area (Å²) in [5.74, 6) is 0.586. The van der Waals surface area contributed by atoms with Gasteiger partial charge < -0.3 is 9.84 Å². The smallest absolute Gasteiger partial charge is 0.217 e. The number of rotatable bonds is 4. The van der Waals surface area contributed by atoms with Crippen molar-refractivity contribution in [3.05, 3.63) is 46.6 Å². The molecule has 0 spiro atoms. The van der Waals surface area contributed by atoms with Crippen LogP contribution < -0.4 is 4.74 Å². The third-order valence-corrected chi connectivity index (χ3v) is 2.72. The Balaban J connectivity index is 2.23. The van der Waals surface area contributed by atoms with Gasteiger partial charge in [-0.1, -0.05) is 23.7 Å². The van der Waals surface area contributed by atoms with E-state index in [1.165, 1.54) is 0 Å². The molecule has 0 radical (unpaired) electrons. The van der Waals surface area contributed by atoms with Crippen LogP contribution in [-0.4, -0.2) is 22.0 Å². The van der Waals surface area contributed by atoms with Gasteiger partial charge in [-0.25, -0.2) is 4.68 Å². The summed E-state index contributed by atoms with van der Waals surface area (Å²) in [6.07, 6.45) is 1.61. The third-order valence-electron chi connectivity index (χ3n) is 2.47. The first-order valence-corrected chi connectivity index (χ1v) is 5.56. The summed E-state index contributed by atoms with van der Waals surface area (Å²) in [5, 5.41) is 14.0. The molecule has 0 aliphatic heterocycles. The van der Waals surface area contributed by atoms with Crippen molar-refractivity contribution in [2.45, 2.75) is 13.2 Å². The molecule has 2 rings (SSSR count). The Labute approximate surface area is 104 Å². The van der Waals surface area contributed by atoms with Gasteiger partial charge in [0.05, 0.1) is 32.0 Å². The van der Waals surface area contributed by atoms with E-state index in [2.05, 4.69) is 5.10 Å². The lowest BCUT2D eigenvalue weighted by atomic mass is 10.2. The highest BCUT2D eigenvalue weighted by molar-refractivity contribution is 6.30. The van der Waals surface area contributed by atoms with E-state index in [1.54, 1.807) is 18.0 Å². The zero-order valence-corrected chi connectivity index (χ0v) is 10.2. The molecule has 1 aromatic carbocycles. The minimum Gasteiger partial charge on any atom is -0.481 e. The van der Waals surface area contributed by atoms with E-state index in [1.807, 2.05) is 24.3 Å². The average Bonchev–Trinajstić information content (AvgIpc) is 2.74. The summed E-state index contributed by atoms with van der Waals surface area (Å²) in [7, 11) is 1.56. The molecule has 4 nitrogen and oxygen atoms in total. The zero-order chi connectivity index (χ0) is 12.3. The number of aromatic nitrogens is 2. The lowest BCUT2D eigenvalue weighted by molar-refractivity contribution is 0.270. The van der Waals surface area contributed by atoms with Gasteiger partial charge in [0.25, 0.3) is 0 Å². The van der Waals surface area contributed by atoms with Gasteiger partial charge in [-0.2, -0.15) is 5.10 Å². The van der Waals surface area contributed by atoms with Crippen LogP contribution >= 0.6 is 11.6 Å². The van der Waals surface area contributed by atoms with Crippen molar-refractivity contribution in [2.24, 2.45) is 0 Å². The van der Waals surface area contributed by atoms with Crippen molar-refractivity contribution < 1.29 is 9.84 Å². The lowest BCUT2D eigenvalue weighted by Crippen LogP contribution is -2.04. The van der Waals surface area contributed by atoms with Gasteiger partial charge in [0.15, 0.2) is 0 Å². The number of ether oxygens (including phenoxy) is 1. The number of halogens is 1. The average molecular weight is 253 g/mol. The Kier molecular flexibility index (Phi) is 3.66. The number of aliphatic hydroxyl groups is 1.